The van der Waals surface area contributed by atoms with Crippen LogP contribution in [-0.2, 0) is 24.3 Å². The van der Waals surface area contributed by atoms with E-state index in [4.69, 9.17) is 25.8 Å². The van der Waals surface area contributed by atoms with Crippen molar-refractivity contribution in [3.63, 3.8) is 0 Å². The average Bonchev–Trinajstić information content (AvgIpc) is 2.79. The number of nitrogens with zero attached hydrogens (tertiary/aromatic N) is 1. The van der Waals surface area contributed by atoms with Crippen molar-refractivity contribution in [3.8, 4) is 5.75 Å². The van der Waals surface area contributed by atoms with Gasteiger partial charge in [0, 0.05) is 18.8 Å². The van der Waals surface area contributed by atoms with Gasteiger partial charge in [0.1, 0.15) is 10.6 Å². The molecule has 3 rings (SSSR count). The first kappa shape index (κ1) is 23.0. The van der Waals surface area contributed by atoms with Gasteiger partial charge in [-0.2, -0.15) is 4.31 Å². The molecule has 0 spiro atoms. The van der Waals surface area contributed by atoms with E-state index in [1.807, 2.05) is 0 Å². The van der Waals surface area contributed by atoms with Crippen molar-refractivity contribution in [2.24, 2.45) is 0 Å². The molecule has 2 aromatic rings. The minimum Gasteiger partial charge on any atom is -0.497 e. The first-order valence-corrected chi connectivity index (χ1v) is 11.1. The standard InChI is InChI=1S/C20H21ClN2O7S/c1-28-16-4-2-3-14(11-16)20(25)30-13-19(24)22-15-5-6-17(21)18(12-15)31(26,27)23-7-9-29-10-8-23/h2-6,11-12H,7-10,13H2,1H3,(H,22,24). The quantitative estimate of drug-likeness (QED) is 0.620. The molecule has 0 aromatic heterocycles. The number of halogens is 1. The van der Waals surface area contributed by atoms with E-state index in [1.165, 1.54) is 41.7 Å². The average molecular weight is 469 g/mol. The molecule has 1 aliphatic rings. The molecule has 11 heteroatoms. The van der Waals surface area contributed by atoms with E-state index in [-0.39, 0.29) is 34.3 Å². The molecule has 1 heterocycles. The third-order valence-corrected chi connectivity index (χ3v) is 6.82. The molecule has 0 aliphatic carbocycles. The SMILES string of the molecule is COc1cccc(C(=O)OCC(=O)Nc2ccc(Cl)c(S(=O)(=O)N3CCOCC3)c2)c1. The number of hydrogen-bond acceptors (Lipinski definition) is 7. The van der Waals surface area contributed by atoms with Crippen LogP contribution in [0.2, 0.25) is 5.02 Å². The van der Waals surface area contributed by atoms with Gasteiger partial charge in [-0.15, -0.1) is 0 Å². The fraction of sp³-hybridized carbons (Fsp3) is 0.300. The maximum absolute atomic E-state index is 12.9. The Morgan fingerprint density at radius 2 is 1.90 bits per heavy atom. The van der Waals surface area contributed by atoms with Crippen LogP contribution in [0, 0.1) is 0 Å². The predicted molar refractivity (Wildman–Crippen MR) is 113 cm³/mol. The van der Waals surface area contributed by atoms with Gasteiger partial charge in [-0.05, 0) is 36.4 Å². The van der Waals surface area contributed by atoms with Crippen molar-refractivity contribution >= 4 is 39.2 Å². The summed E-state index contributed by atoms with van der Waals surface area (Å²) in [5, 5.41) is 2.54. The lowest BCUT2D eigenvalue weighted by Gasteiger charge is -2.26. The van der Waals surface area contributed by atoms with Gasteiger partial charge in [0.2, 0.25) is 10.0 Å². The second kappa shape index (κ2) is 10.1. The number of nitrogens with one attached hydrogen (secondary N) is 1. The van der Waals surface area contributed by atoms with Crippen LogP contribution in [0.15, 0.2) is 47.4 Å². The van der Waals surface area contributed by atoms with Gasteiger partial charge in [0.25, 0.3) is 5.91 Å². The van der Waals surface area contributed by atoms with Crippen LogP contribution < -0.4 is 10.1 Å². The van der Waals surface area contributed by atoms with Crippen molar-refractivity contribution in [2.45, 2.75) is 4.90 Å². The number of amides is 1. The van der Waals surface area contributed by atoms with E-state index in [0.29, 0.717) is 19.0 Å². The van der Waals surface area contributed by atoms with Crippen LogP contribution in [0.1, 0.15) is 10.4 Å². The fourth-order valence-corrected chi connectivity index (χ4v) is 4.77. The van der Waals surface area contributed by atoms with E-state index in [1.54, 1.807) is 12.1 Å². The fourth-order valence-electron chi connectivity index (χ4n) is 2.87. The number of rotatable bonds is 7. The van der Waals surface area contributed by atoms with E-state index in [2.05, 4.69) is 5.32 Å². The minimum absolute atomic E-state index is 0.0361. The molecule has 1 N–H and O–H groups in total. The zero-order valence-electron chi connectivity index (χ0n) is 16.7. The summed E-state index contributed by atoms with van der Waals surface area (Å²) in [5.41, 5.74) is 0.441. The zero-order chi connectivity index (χ0) is 22.4. The second-order valence-corrected chi connectivity index (χ2v) is 8.83. The lowest BCUT2D eigenvalue weighted by molar-refractivity contribution is -0.119. The van der Waals surface area contributed by atoms with E-state index in [9.17, 15) is 18.0 Å². The van der Waals surface area contributed by atoms with Crippen LogP contribution in [0.5, 0.6) is 5.75 Å². The van der Waals surface area contributed by atoms with Gasteiger partial charge in [-0.1, -0.05) is 17.7 Å². The van der Waals surface area contributed by atoms with Gasteiger partial charge in [0.05, 0.1) is 30.9 Å². The van der Waals surface area contributed by atoms with Crippen molar-refractivity contribution < 1.29 is 32.2 Å². The van der Waals surface area contributed by atoms with Gasteiger partial charge in [-0.25, -0.2) is 13.2 Å². The summed E-state index contributed by atoms with van der Waals surface area (Å²) in [7, 11) is -2.38. The summed E-state index contributed by atoms with van der Waals surface area (Å²) in [6.07, 6.45) is 0. The summed E-state index contributed by atoms with van der Waals surface area (Å²) >= 11 is 6.10. The van der Waals surface area contributed by atoms with E-state index in [0.717, 1.165) is 0 Å². The lowest BCUT2D eigenvalue weighted by Crippen LogP contribution is -2.40. The number of carbonyl (C=O) groups excluding carboxylic acids is 2. The molecule has 0 unspecified atom stereocenters. The molecule has 1 saturated heterocycles. The Morgan fingerprint density at radius 1 is 1.16 bits per heavy atom. The Kier molecular flexibility index (Phi) is 7.50. The Hall–Kier alpha value is -2.66. The van der Waals surface area contributed by atoms with Gasteiger partial charge in [0.15, 0.2) is 6.61 Å². The molecule has 0 atom stereocenters. The first-order valence-electron chi connectivity index (χ1n) is 9.30. The van der Waals surface area contributed by atoms with Crippen LogP contribution in [0.25, 0.3) is 0 Å². The third-order valence-electron chi connectivity index (χ3n) is 4.44. The number of carbonyl (C=O) groups is 2. The van der Waals surface area contributed by atoms with Gasteiger partial charge >= 0.3 is 5.97 Å². The summed E-state index contributed by atoms with van der Waals surface area (Å²) < 4.78 is 42.2. The Labute approximate surface area is 184 Å². The van der Waals surface area contributed by atoms with Crippen LogP contribution >= 0.6 is 11.6 Å². The summed E-state index contributed by atoms with van der Waals surface area (Å²) in [5.74, 6) is -0.844. The number of morpholine rings is 1. The number of ether oxygens (including phenoxy) is 3. The van der Waals surface area contributed by atoms with Crippen molar-refractivity contribution in [1.29, 1.82) is 0 Å². The van der Waals surface area contributed by atoms with Crippen molar-refractivity contribution in [3.05, 3.63) is 53.1 Å². The molecule has 31 heavy (non-hydrogen) atoms. The van der Waals surface area contributed by atoms with Crippen LogP contribution in [0.4, 0.5) is 5.69 Å². The van der Waals surface area contributed by atoms with E-state index >= 15 is 0 Å². The number of anilines is 1. The third kappa shape index (κ3) is 5.73. The summed E-state index contributed by atoms with van der Waals surface area (Å²) in [6.45, 7) is 0.479. The normalized spacial score (nSPS) is 14.6. The van der Waals surface area contributed by atoms with Gasteiger partial charge < -0.3 is 19.5 Å². The van der Waals surface area contributed by atoms with Gasteiger partial charge in [-0.3, -0.25) is 4.79 Å². The van der Waals surface area contributed by atoms with E-state index < -0.39 is 28.5 Å². The number of benzene rings is 2. The molecule has 1 fully saturated rings. The minimum atomic E-state index is -3.85. The Morgan fingerprint density at radius 3 is 2.61 bits per heavy atom. The zero-order valence-corrected chi connectivity index (χ0v) is 18.2. The molecule has 9 nitrogen and oxygen atoms in total. The highest BCUT2D eigenvalue weighted by Gasteiger charge is 2.28. The predicted octanol–water partition coefficient (Wildman–Crippen LogP) is 2.17. The number of methoxy groups -OCH3 is 1. The molecule has 0 radical (unpaired) electrons. The topological polar surface area (TPSA) is 111 Å². The number of esters is 1. The lowest BCUT2D eigenvalue weighted by atomic mass is 10.2. The first-order chi connectivity index (χ1) is 14.8. The molecule has 1 amide bonds. The molecular formula is C20H21ClN2O7S. The van der Waals surface area contributed by atoms with Crippen LogP contribution in [-0.4, -0.2) is 64.6 Å². The Balaban J connectivity index is 1.65. The highest BCUT2D eigenvalue weighted by molar-refractivity contribution is 7.89. The van der Waals surface area contributed by atoms with Crippen molar-refractivity contribution in [1.82, 2.24) is 4.31 Å². The van der Waals surface area contributed by atoms with Crippen LogP contribution in [0.3, 0.4) is 0 Å². The highest BCUT2D eigenvalue weighted by atomic mass is 35.5. The second-order valence-electron chi connectivity index (χ2n) is 6.52. The van der Waals surface area contributed by atoms with Crippen molar-refractivity contribution in [2.75, 3.05) is 45.3 Å². The smallest absolute Gasteiger partial charge is 0.338 e. The highest BCUT2D eigenvalue weighted by Crippen LogP contribution is 2.28. The summed E-state index contributed by atoms with van der Waals surface area (Å²) in [6, 6.07) is 10.4. The molecule has 1 aliphatic heterocycles. The summed E-state index contributed by atoms with van der Waals surface area (Å²) in [4.78, 5) is 24.2. The largest absolute Gasteiger partial charge is 0.497 e. The number of hydrogen-bond donors (Lipinski definition) is 1. The molecular weight excluding hydrogens is 448 g/mol. The maximum atomic E-state index is 12.9. The number of sulfonamides is 1. The molecule has 0 bridgehead atoms. The maximum Gasteiger partial charge on any atom is 0.338 e. The molecule has 0 saturated carbocycles. The molecule has 166 valence electrons. The Bertz CT molecular complexity index is 1070. The monoisotopic (exact) mass is 468 g/mol. The molecule has 2 aromatic carbocycles.